The summed E-state index contributed by atoms with van der Waals surface area (Å²) in [5.74, 6) is -0.412. The fourth-order valence-corrected chi connectivity index (χ4v) is 5.51. The van der Waals surface area contributed by atoms with Crippen molar-refractivity contribution in [3.8, 4) is 0 Å². The van der Waals surface area contributed by atoms with Crippen LogP contribution in [0, 0.1) is 11.7 Å². The van der Waals surface area contributed by atoms with Crippen LogP contribution in [0.5, 0.6) is 0 Å². The maximum Gasteiger partial charge on any atom is 0.326 e. The standard InChI is InChI=1S/C24H26FN3O3/c25-17-10-4-5-11-18(17)26-24(31)27-13-20-22(16-9-3-6-12-19(16)27)21(14-29)28(20)23(30)15-7-1-2-8-15/h3-6,9-12,15,20-22,29H,1-2,7-8,13-14H2,(H,26,31)/t20-,21-,22+/m1/s1. The summed E-state index contributed by atoms with van der Waals surface area (Å²) in [7, 11) is 0. The third kappa shape index (κ3) is 3.28. The second-order valence-corrected chi connectivity index (χ2v) is 8.65. The predicted octanol–water partition coefficient (Wildman–Crippen LogP) is 3.72. The summed E-state index contributed by atoms with van der Waals surface area (Å²) in [6, 6.07) is 12.8. The van der Waals surface area contributed by atoms with Crippen LogP contribution in [0.1, 0.15) is 37.2 Å². The quantitative estimate of drug-likeness (QED) is 0.790. The fourth-order valence-electron chi connectivity index (χ4n) is 5.51. The first-order valence-corrected chi connectivity index (χ1v) is 10.9. The molecule has 3 atom stereocenters. The Kier molecular flexibility index (Phi) is 5.14. The van der Waals surface area contributed by atoms with Gasteiger partial charge in [0.2, 0.25) is 5.91 Å². The zero-order valence-corrected chi connectivity index (χ0v) is 17.2. The minimum Gasteiger partial charge on any atom is -0.394 e. The minimum absolute atomic E-state index is 0.00728. The van der Waals surface area contributed by atoms with Crippen LogP contribution in [0.4, 0.5) is 20.6 Å². The molecular weight excluding hydrogens is 397 g/mol. The highest BCUT2D eigenvalue weighted by atomic mass is 19.1. The van der Waals surface area contributed by atoms with E-state index >= 15 is 0 Å². The number of hydrogen-bond acceptors (Lipinski definition) is 3. The number of benzene rings is 2. The number of rotatable bonds is 3. The van der Waals surface area contributed by atoms with E-state index in [9.17, 15) is 19.1 Å². The summed E-state index contributed by atoms with van der Waals surface area (Å²) in [5.41, 5.74) is 1.80. The number of aliphatic hydroxyl groups is 1. The van der Waals surface area contributed by atoms with Crippen molar-refractivity contribution in [1.82, 2.24) is 4.90 Å². The SMILES string of the molecule is O=C(Nc1ccccc1F)N1C[C@@H]2[C@H](c3ccccc31)[C@@H](CO)N2C(=O)C1CCCC1. The molecule has 3 amide bonds. The number of anilines is 2. The average molecular weight is 423 g/mol. The van der Waals surface area contributed by atoms with Gasteiger partial charge >= 0.3 is 6.03 Å². The minimum atomic E-state index is -0.499. The highest BCUT2D eigenvalue weighted by Gasteiger charge is 2.56. The van der Waals surface area contributed by atoms with E-state index in [0.717, 1.165) is 36.9 Å². The number of carbonyl (C=O) groups is 2. The lowest BCUT2D eigenvalue weighted by molar-refractivity contribution is -0.154. The van der Waals surface area contributed by atoms with E-state index in [0.29, 0.717) is 6.54 Å². The number of amides is 3. The third-order valence-electron chi connectivity index (χ3n) is 7.01. The Morgan fingerprint density at radius 1 is 1.06 bits per heavy atom. The Hall–Kier alpha value is -2.93. The van der Waals surface area contributed by atoms with Crippen molar-refractivity contribution in [2.24, 2.45) is 5.92 Å². The van der Waals surface area contributed by atoms with Gasteiger partial charge in [-0.1, -0.05) is 43.2 Å². The van der Waals surface area contributed by atoms with Gasteiger partial charge in [0, 0.05) is 24.1 Å². The van der Waals surface area contributed by atoms with Gasteiger partial charge in [0.15, 0.2) is 0 Å². The normalized spacial score (nSPS) is 24.9. The van der Waals surface area contributed by atoms with Crippen molar-refractivity contribution in [2.75, 3.05) is 23.4 Å². The van der Waals surface area contributed by atoms with Crippen LogP contribution in [-0.2, 0) is 4.79 Å². The van der Waals surface area contributed by atoms with Crippen LogP contribution in [-0.4, -0.2) is 47.2 Å². The Labute approximate surface area is 180 Å². The monoisotopic (exact) mass is 423 g/mol. The third-order valence-corrected chi connectivity index (χ3v) is 7.01. The van der Waals surface area contributed by atoms with Crippen LogP contribution in [0.15, 0.2) is 48.5 Å². The average Bonchev–Trinajstić information content (AvgIpc) is 3.30. The van der Waals surface area contributed by atoms with Gasteiger partial charge in [-0.05, 0) is 36.6 Å². The number of hydrogen-bond donors (Lipinski definition) is 2. The van der Waals surface area contributed by atoms with E-state index < -0.39 is 11.8 Å². The highest BCUT2D eigenvalue weighted by molar-refractivity contribution is 6.03. The lowest BCUT2D eigenvalue weighted by Crippen LogP contribution is -2.71. The number of para-hydroxylation sites is 2. The Morgan fingerprint density at radius 2 is 1.77 bits per heavy atom. The summed E-state index contributed by atoms with van der Waals surface area (Å²) in [5, 5.41) is 12.7. The molecule has 0 bridgehead atoms. The molecule has 0 aromatic heterocycles. The van der Waals surface area contributed by atoms with Crippen LogP contribution in [0.2, 0.25) is 0 Å². The van der Waals surface area contributed by atoms with Gasteiger partial charge in [0.1, 0.15) is 5.82 Å². The number of urea groups is 1. The molecule has 1 saturated carbocycles. The molecule has 2 aromatic carbocycles. The van der Waals surface area contributed by atoms with Crippen LogP contribution < -0.4 is 10.2 Å². The van der Waals surface area contributed by atoms with Crippen molar-refractivity contribution < 1.29 is 19.1 Å². The Bertz CT molecular complexity index is 1010. The van der Waals surface area contributed by atoms with Crippen molar-refractivity contribution >= 4 is 23.3 Å². The molecule has 5 rings (SSSR count). The van der Waals surface area contributed by atoms with E-state index in [1.165, 1.54) is 12.1 Å². The van der Waals surface area contributed by atoms with Crippen molar-refractivity contribution in [1.29, 1.82) is 0 Å². The maximum absolute atomic E-state index is 14.1. The van der Waals surface area contributed by atoms with Crippen LogP contribution in [0.25, 0.3) is 0 Å². The predicted molar refractivity (Wildman–Crippen MR) is 115 cm³/mol. The van der Waals surface area contributed by atoms with Gasteiger partial charge in [-0.15, -0.1) is 0 Å². The number of likely N-dealkylation sites (tertiary alicyclic amines) is 1. The first-order chi connectivity index (χ1) is 15.1. The molecule has 31 heavy (non-hydrogen) atoms. The van der Waals surface area contributed by atoms with Gasteiger partial charge in [-0.2, -0.15) is 0 Å². The summed E-state index contributed by atoms with van der Waals surface area (Å²) in [6.07, 6.45) is 3.89. The summed E-state index contributed by atoms with van der Waals surface area (Å²) < 4.78 is 14.1. The van der Waals surface area contributed by atoms with Crippen molar-refractivity contribution in [3.05, 3.63) is 59.9 Å². The second kappa shape index (κ2) is 7.96. The number of halogens is 1. The highest BCUT2D eigenvalue weighted by Crippen LogP contribution is 2.49. The lowest BCUT2D eigenvalue weighted by atomic mass is 9.71. The first kappa shape index (κ1) is 20.0. The largest absolute Gasteiger partial charge is 0.394 e. The second-order valence-electron chi connectivity index (χ2n) is 8.65. The van der Waals surface area contributed by atoms with Gasteiger partial charge < -0.3 is 15.3 Å². The maximum atomic E-state index is 14.1. The summed E-state index contributed by atoms with van der Waals surface area (Å²) in [4.78, 5) is 29.8. The Morgan fingerprint density at radius 3 is 2.52 bits per heavy atom. The molecule has 0 spiro atoms. The zero-order valence-electron chi connectivity index (χ0n) is 17.2. The first-order valence-electron chi connectivity index (χ1n) is 10.9. The molecule has 1 aliphatic carbocycles. The van der Waals surface area contributed by atoms with Crippen molar-refractivity contribution in [3.63, 3.8) is 0 Å². The molecule has 6 nitrogen and oxygen atoms in total. The number of aliphatic hydroxyl groups excluding tert-OH is 1. The smallest absolute Gasteiger partial charge is 0.326 e. The van der Waals surface area contributed by atoms with E-state index in [1.807, 2.05) is 24.3 Å². The fraction of sp³-hybridized carbons (Fsp3) is 0.417. The molecular formula is C24H26FN3O3. The molecule has 2 fully saturated rings. The lowest BCUT2D eigenvalue weighted by Gasteiger charge is -2.59. The topological polar surface area (TPSA) is 72.9 Å². The summed E-state index contributed by atoms with van der Waals surface area (Å²) >= 11 is 0. The molecule has 0 radical (unpaired) electrons. The molecule has 2 heterocycles. The Balaban J connectivity index is 1.45. The van der Waals surface area contributed by atoms with Gasteiger partial charge in [-0.3, -0.25) is 9.69 Å². The van der Waals surface area contributed by atoms with E-state index in [-0.39, 0.29) is 42.1 Å². The summed E-state index contributed by atoms with van der Waals surface area (Å²) in [6.45, 7) is 0.215. The van der Waals surface area contributed by atoms with Gasteiger partial charge in [0.25, 0.3) is 0 Å². The van der Waals surface area contributed by atoms with Crippen LogP contribution in [0.3, 0.4) is 0 Å². The molecule has 2 N–H and O–H groups in total. The molecule has 7 heteroatoms. The van der Waals surface area contributed by atoms with E-state index in [2.05, 4.69) is 5.32 Å². The van der Waals surface area contributed by atoms with E-state index in [4.69, 9.17) is 0 Å². The molecule has 2 aromatic rings. The molecule has 3 aliphatic rings. The number of nitrogens with one attached hydrogen (secondary N) is 1. The van der Waals surface area contributed by atoms with Gasteiger partial charge in [-0.25, -0.2) is 9.18 Å². The van der Waals surface area contributed by atoms with Crippen LogP contribution >= 0.6 is 0 Å². The molecule has 1 saturated heterocycles. The number of nitrogens with zero attached hydrogens (tertiary/aromatic N) is 2. The number of carbonyl (C=O) groups excluding carboxylic acids is 2. The molecule has 0 unspecified atom stereocenters. The van der Waals surface area contributed by atoms with Crippen molar-refractivity contribution in [2.45, 2.75) is 43.7 Å². The molecule has 2 aliphatic heterocycles. The van der Waals surface area contributed by atoms with Gasteiger partial charge in [0.05, 0.1) is 24.4 Å². The molecule has 162 valence electrons. The zero-order chi connectivity index (χ0) is 21.5. The number of fused-ring (bicyclic) bond motifs is 3. The van der Waals surface area contributed by atoms with E-state index in [1.54, 1.807) is 21.9 Å².